The normalized spacial score (nSPS) is 17.7. The predicted molar refractivity (Wildman–Crippen MR) is 141 cm³/mol. The Labute approximate surface area is 217 Å². The number of aryl methyl sites for hydroxylation is 1. The first-order chi connectivity index (χ1) is 18.4. The van der Waals surface area contributed by atoms with Crippen LogP contribution in [0.25, 0.3) is 10.9 Å². The van der Waals surface area contributed by atoms with Crippen LogP contribution in [0, 0.1) is 11.3 Å². The van der Waals surface area contributed by atoms with Gasteiger partial charge in [-0.3, -0.25) is 14.4 Å². The number of carbonyl (C=O) groups excluding carboxylic acids is 2. The lowest BCUT2D eigenvalue weighted by Gasteiger charge is -2.34. The summed E-state index contributed by atoms with van der Waals surface area (Å²) in [7, 11) is 1.60. The van der Waals surface area contributed by atoms with E-state index in [0.29, 0.717) is 27.8 Å². The Morgan fingerprint density at radius 2 is 1.71 bits per heavy atom. The minimum absolute atomic E-state index is 0.00660. The smallest absolute Gasteiger partial charge is 0.259 e. The number of anilines is 2. The molecular formula is C29H21N5O4. The number of nitrogens with one attached hydrogen (secondary N) is 1. The summed E-state index contributed by atoms with van der Waals surface area (Å²) in [5.41, 5.74) is 5.65. The molecule has 2 aliphatic heterocycles. The summed E-state index contributed by atoms with van der Waals surface area (Å²) in [5.74, 6) is -1.21. The summed E-state index contributed by atoms with van der Waals surface area (Å²) in [5, 5.41) is 13.6. The Balaban J connectivity index is 1.60. The number of carbonyl (C=O) groups is 2. The predicted octanol–water partition coefficient (Wildman–Crippen LogP) is 2.90. The van der Waals surface area contributed by atoms with E-state index < -0.39 is 22.8 Å². The van der Waals surface area contributed by atoms with Gasteiger partial charge < -0.3 is 25.3 Å². The van der Waals surface area contributed by atoms with E-state index in [9.17, 15) is 19.6 Å². The number of benzene rings is 3. The van der Waals surface area contributed by atoms with Crippen LogP contribution in [0.15, 0.2) is 95.1 Å². The van der Waals surface area contributed by atoms with Crippen LogP contribution in [0.1, 0.15) is 11.1 Å². The molecule has 1 aromatic heterocycles. The average Bonchev–Trinajstić information content (AvgIpc) is 3.16. The molecule has 0 bridgehead atoms. The summed E-state index contributed by atoms with van der Waals surface area (Å²) < 4.78 is 7.33. The maximum atomic E-state index is 14.5. The van der Waals surface area contributed by atoms with E-state index in [2.05, 4.69) is 5.32 Å². The summed E-state index contributed by atoms with van der Waals surface area (Å²) in [6.45, 7) is -0.338. The summed E-state index contributed by atoms with van der Waals surface area (Å²) in [4.78, 5) is 42.8. The van der Waals surface area contributed by atoms with Crippen LogP contribution < -0.4 is 26.2 Å². The number of ether oxygens (including phenoxy) is 1. The van der Waals surface area contributed by atoms with E-state index >= 15 is 0 Å². The monoisotopic (exact) mass is 503 g/mol. The minimum atomic E-state index is -1.88. The lowest BCUT2D eigenvalue weighted by atomic mass is 9.69. The molecule has 1 atom stereocenters. The first-order valence-electron chi connectivity index (χ1n) is 11.9. The highest BCUT2D eigenvalue weighted by molar-refractivity contribution is 6.17. The number of pyridine rings is 1. The van der Waals surface area contributed by atoms with Crippen molar-refractivity contribution in [2.45, 2.75) is 5.41 Å². The van der Waals surface area contributed by atoms with Gasteiger partial charge in [0.25, 0.3) is 5.56 Å². The molecule has 0 saturated heterocycles. The van der Waals surface area contributed by atoms with Gasteiger partial charge in [-0.15, -0.1) is 0 Å². The minimum Gasteiger partial charge on any atom is -0.439 e. The fraction of sp³-hybridized carbons (Fsp3) is 0.103. The lowest BCUT2D eigenvalue weighted by molar-refractivity contribution is -0.123. The molecule has 4 aromatic rings. The second-order valence-electron chi connectivity index (χ2n) is 9.11. The molecule has 38 heavy (non-hydrogen) atoms. The van der Waals surface area contributed by atoms with Crippen LogP contribution >= 0.6 is 0 Å². The van der Waals surface area contributed by atoms with Crippen molar-refractivity contribution in [2.75, 3.05) is 16.8 Å². The fourth-order valence-corrected chi connectivity index (χ4v) is 5.47. The van der Waals surface area contributed by atoms with E-state index in [1.165, 1.54) is 9.47 Å². The number of hydrogen-bond acceptors (Lipinski definition) is 6. The fourth-order valence-electron chi connectivity index (χ4n) is 5.47. The maximum Gasteiger partial charge on any atom is 0.259 e. The molecule has 0 radical (unpaired) electrons. The van der Waals surface area contributed by atoms with Crippen LogP contribution in [0.5, 0.6) is 5.75 Å². The zero-order valence-corrected chi connectivity index (χ0v) is 20.3. The van der Waals surface area contributed by atoms with Crippen molar-refractivity contribution in [3.8, 4) is 11.8 Å². The van der Waals surface area contributed by atoms with E-state index in [-0.39, 0.29) is 29.3 Å². The molecule has 9 nitrogen and oxygen atoms in total. The van der Waals surface area contributed by atoms with Crippen molar-refractivity contribution in [2.24, 2.45) is 12.8 Å². The summed E-state index contributed by atoms with van der Waals surface area (Å²) in [6.07, 6.45) is 0. The van der Waals surface area contributed by atoms with Gasteiger partial charge in [0.1, 0.15) is 23.9 Å². The molecular weight excluding hydrogens is 482 g/mol. The third-order valence-corrected chi connectivity index (χ3v) is 7.10. The van der Waals surface area contributed by atoms with Crippen LogP contribution in [0.2, 0.25) is 0 Å². The second kappa shape index (κ2) is 8.35. The zero-order valence-electron chi connectivity index (χ0n) is 20.3. The summed E-state index contributed by atoms with van der Waals surface area (Å²) >= 11 is 0. The summed E-state index contributed by atoms with van der Waals surface area (Å²) in [6, 6.07) is 24.8. The number of para-hydroxylation sites is 3. The third-order valence-electron chi connectivity index (χ3n) is 7.10. The van der Waals surface area contributed by atoms with Crippen molar-refractivity contribution in [1.82, 2.24) is 4.57 Å². The number of fused-ring (bicyclic) bond motifs is 6. The number of hydrogen-bond donors (Lipinski definition) is 2. The number of amides is 2. The van der Waals surface area contributed by atoms with Crippen LogP contribution in [0.3, 0.4) is 0 Å². The SMILES string of the molecule is Cn1c(=O)c2c(c3ccccc31)OC(N)=C(C#N)[C@]21C(=O)N(CC(=O)Nc2ccccc2)c2ccccc21. The molecule has 3 aromatic carbocycles. The molecule has 0 fully saturated rings. The number of nitrogens with two attached hydrogens (primary N) is 1. The van der Waals surface area contributed by atoms with Crippen LogP contribution in [-0.4, -0.2) is 22.9 Å². The van der Waals surface area contributed by atoms with Crippen LogP contribution in [-0.2, 0) is 22.1 Å². The van der Waals surface area contributed by atoms with E-state index in [1.54, 1.807) is 79.8 Å². The Hall–Kier alpha value is -5.36. The zero-order chi connectivity index (χ0) is 26.6. The van der Waals surface area contributed by atoms with Crippen molar-refractivity contribution in [3.63, 3.8) is 0 Å². The molecule has 0 unspecified atom stereocenters. The quantitative estimate of drug-likeness (QED) is 0.442. The molecule has 0 saturated carbocycles. The van der Waals surface area contributed by atoms with Gasteiger partial charge in [0.2, 0.25) is 17.7 Å². The molecule has 3 N–H and O–H groups in total. The largest absolute Gasteiger partial charge is 0.439 e. The second-order valence-corrected chi connectivity index (χ2v) is 9.11. The number of nitrogens with zero attached hydrogens (tertiary/aromatic N) is 3. The van der Waals surface area contributed by atoms with E-state index in [0.717, 1.165) is 0 Å². The van der Waals surface area contributed by atoms with Gasteiger partial charge in [-0.2, -0.15) is 5.26 Å². The Morgan fingerprint density at radius 1 is 1.03 bits per heavy atom. The first kappa shape index (κ1) is 23.1. The Morgan fingerprint density at radius 3 is 2.47 bits per heavy atom. The Kier molecular flexibility index (Phi) is 5.07. The van der Waals surface area contributed by atoms with Crippen molar-refractivity contribution in [3.05, 3.63) is 112 Å². The highest BCUT2D eigenvalue weighted by Gasteiger charge is 2.61. The molecule has 186 valence electrons. The molecule has 0 aliphatic carbocycles. The van der Waals surface area contributed by atoms with Gasteiger partial charge in [-0.25, -0.2) is 0 Å². The standard InChI is InChI=1S/C29H21N5O4/c1-33-21-13-7-5-11-18(21)25-24(27(33)36)29(20(15-30)26(31)38-25)19-12-6-8-14-22(19)34(28(29)37)16-23(35)32-17-9-3-2-4-10-17/h2-14H,16,31H2,1H3,(H,32,35)/t29-/m0/s1. The first-order valence-corrected chi connectivity index (χ1v) is 11.9. The Bertz CT molecular complexity index is 1800. The van der Waals surface area contributed by atoms with Crippen molar-refractivity contribution >= 4 is 34.1 Å². The van der Waals surface area contributed by atoms with Crippen molar-refractivity contribution < 1.29 is 14.3 Å². The number of rotatable bonds is 3. The number of nitriles is 1. The molecule has 3 heterocycles. The van der Waals surface area contributed by atoms with E-state index in [1.807, 2.05) is 12.1 Å². The maximum absolute atomic E-state index is 14.5. The average molecular weight is 504 g/mol. The number of aromatic nitrogens is 1. The van der Waals surface area contributed by atoms with Gasteiger partial charge in [0, 0.05) is 29.4 Å². The van der Waals surface area contributed by atoms with Gasteiger partial charge in [-0.05, 0) is 30.3 Å². The molecule has 9 heteroatoms. The topological polar surface area (TPSA) is 130 Å². The highest BCUT2D eigenvalue weighted by Crippen LogP contribution is 2.55. The molecule has 6 rings (SSSR count). The highest BCUT2D eigenvalue weighted by atomic mass is 16.5. The molecule has 2 aliphatic rings. The molecule has 1 spiro atoms. The lowest BCUT2D eigenvalue weighted by Crippen LogP contribution is -2.50. The van der Waals surface area contributed by atoms with Gasteiger partial charge in [-0.1, -0.05) is 48.5 Å². The van der Waals surface area contributed by atoms with Gasteiger partial charge >= 0.3 is 0 Å². The van der Waals surface area contributed by atoms with Gasteiger partial charge in [0.05, 0.1) is 11.1 Å². The third kappa shape index (κ3) is 3.01. The molecule has 2 amide bonds. The van der Waals surface area contributed by atoms with Crippen molar-refractivity contribution in [1.29, 1.82) is 5.26 Å². The van der Waals surface area contributed by atoms with Crippen LogP contribution in [0.4, 0.5) is 11.4 Å². The van der Waals surface area contributed by atoms with Gasteiger partial charge in [0.15, 0.2) is 5.41 Å². The van der Waals surface area contributed by atoms with E-state index in [4.69, 9.17) is 10.5 Å².